The maximum Gasteiger partial charge on any atom is 0.317 e. The molecule has 0 spiro atoms. The third-order valence-electron chi connectivity index (χ3n) is 3.39. The van der Waals surface area contributed by atoms with Crippen LogP contribution in [0.15, 0.2) is 24.3 Å². The van der Waals surface area contributed by atoms with Gasteiger partial charge in [0.25, 0.3) is 0 Å². The molecule has 2 N–H and O–H groups in total. The van der Waals surface area contributed by atoms with Gasteiger partial charge in [-0.25, -0.2) is 4.79 Å². The quantitative estimate of drug-likeness (QED) is 0.896. The Morgan fingerprint density at radius 1 is 1.57 bits per heavy atom. The Morgan fingerprint density at radius 2 is 2.33 bits per heavy atom. The van der Waals surface area contributed by atoms with Crippen LogP contribution in [-0.2, 0) is 0 Å². The second kappa shape index (κ2) is 7.52. The molecule has 1 aromatic carbocycles. The second-order valence-electron chi connectivity index (χ2n) is 5.29. The van der Waals surface area contributed by atoms with Crippen LogP contribution >= 0.6 is 11.6 Å². The van der Waals surface area contributed by atoms with E-state index >= 15 is 0 Å². The molecule has 1 aromatic rings. The number of hydrogen-bond acceptors (Lipinski definition) is 3. The van der Waals surface area contributed by atoms with E-state index in [0.29, 0.717) is 30.4 Å². The first-order chi connectivity index (χ1) is 10.1. The van der Waals surface area contributed by atoms with Crippen LogP contribution in [0.2, 0.25) is 5.02 Å². The molecule has 6 heteroatoms. The van der Waals surface area contributed by atoms with Gasteiger partial charge in [-0.1, -0.05) is 23.7 Å². The van der Waals surface area contributed by atoms with Crippen LogP contribution in [0.4, 0.5) is 4.79 Å². The number of hydrogen-bond donors (Lipinski definition) is 2. The fourth-order valence-electron chi connectivity index (χ4n) is 2.28. The summed E-state index contributed by atoms with van der Waals surface area (Å²) in [4.78, 5) is 13.6. The van der Waals surface area contributed by atoms with E-state index in [0.717, 1.165) is 12.8 Å². The molecular formula is C15H21ClN2O3. The predicted molar refractivity (Wildman–Crippen MR) is 81.8 cm³/mol. The molecule has 2 rings (SSSR count). The first kappa shape index (κ1) is 15.9. The lowest BCUT2D eigenvalue weighted by Crippen LogP contribution is -2.48. The summed E-state index contributed by atoms with van der Waals surface area (Å²) in [6.07, 6.45) is 0.987. The molecule has 0 aromatic heterocycles. The number of halogens is 1. The summed E-state index contributed by atoms with van der Waals surface area (Å²) in [5.41, 5.74) is 0. The van der Waals surface area contributed by atoms with E-state index in [2.05, 4.69) is 5.32 Å². The van der Waals surface area contributed by atoms with Crippen LogP contribution in [0.5, 0.6) is 5.75 Å². The smallest absolute Gasteiger partial charge is 0.317 e. The molecule has 1 aliphatic rings. The van der Waals surface area contributed by atoms with E-state index in [4.69, 9.17) is 16.3 Å². The SMILES string of the molecule is CC(CNC(=O)N1CCCC(O)C1)Oc1ccccc1Cl. The zero-order valence-corrected chi connectivity index (χ0v) is 12.8. The van der Waals surface area contributed by atoms with Gasteiger partial charge in [-0.2, -0.15) is 0 Å². The van der Waals surface area contributed by atoms with Gasteiger partial charge in [0.05, 0.1) is 17.7 Å². The lowest BCUT2D eigenvalue weighted by molar-refractivity contribution is 0.0832. The van der Waals surface area contributed by atoms with Gasteiger partial charge in [0.1, 0.15) is 11.9 Å². The Hall–Kier alpha value is -1.46. The molecule has 2 unspecified atom stereocenters. The van der Waals surface area contributed by atoms with E-state index in [1.165, 1.54) is 0 Å². The van der Waals surface area contributed by atoms with Gasteiger partial charge in [0.15, 0.2) is 0 Å². The average molecular weight is 313 g/mol. The van der Waals surface area contributed by atoms with Crippen molar-refractivity contribution in [2.75, 3.05) is 19.6 Å². The van der Waals surface area contributed by atoms with Crippen LogP contribution < -0.4 is 10.1 Å². The van der Waals surface area contributed by atoms with Gasteiger partial charge in [0, 0.05) is 13.1 Å². The summed E-state index contributed by atoms with van der Waals surface area (Å²) < 4.78 is 5.69. The molecule has 1 saturated heterocycles. The molecule has 21 heavy (non-hydrogen) atoms. The van der Waals surface area contributed by atoms with E-state index < -0.39 is 6.10 Å². The Kier molecular flexibility index (Phi) is 5.70. The van der Waals surface area contributed by atoms with E-state index in [-0.39, 0.29) is 12.1 Å². The molecule has 2 atom stereocenters. The van der Waals surface area contributed by atoms with E-state index in [1.54, 1.807) is 17.0 Å². The largest absolute Gasteiger partial charge is 0.487 e. The van der Waals surface area contributed by atoms with Gasteiger partial charge in [-0.3, -0.25) is 0 Å². The van der Waals surface area contributed by atoms with Gasteiger partial charge in [-0.15, -0.1) is 0 Å². The van der Waals surface area contributed by atoms with Crippen LogP contribution in [0.3, 0.4) is 0 Å². The van der Waals surface area contributed by atoms with Gasteiger partial charge in [-0.05, 0) is 31.9 Å². The lowest BCUT2D eigenvalue weighted by atomic mass is 10.1. The first-order valence-corrected chi connectivity index (χ1v) is 7.56. The number of carbonyl (C=O) groups is 1. The Balaban J connectivity index is 1.77. The number of likely N-dealkylation sites (tertiary alicyclic amines) is 1. The van der Waals surface area contributed by atoms with E-state index in [1.807, 2.05) is 19.1 Å². The highest BCUT2D eigenvalue weighted by Gasteiger charge is 2.22. The normalized spacial score (nSPS) is 20.0. The first-order valence-electron chi connectivity index (χ1n) is 7.18. The Bertz CT molecular complexity index is 484. The minimum absolute atomic E-state index is 0.164. The molecule has 1 fully saturated rings. The summed E-state index contributed by atoms with van der Waals surface area (Å²) in [7, 11) is 0. The van der Waals surface area contributed by atoms with Crippen molar-refractivity contribution in [3.8, 4) is 5.75 Å². The Labute approximate surface area is 129 Å². The van der Waals surface area contributed by atoms with Crippen molar-refractivity contribution >= 4 is 17.6 Å². The highest BCUT2D eigenvalue weighted by Crippen LogP contribution is 2.24. The number of aliphatic hydroxyl groups excluding tert-OH is 1. The number of benzene rings is 1. The molecule has 116 valence electrons. The van der Waals surface area contributed by atoms with Crippen LogP contribution in [-0.4, -0.2) is 47.9 Å². The number of rotatable bonds is 4. The summed E-state index contributed by atoms with van der Waals surface area (Å²) in [5.74, 6) is 0.606. The van der Waals surface area contributed by atoms with Crippen LogP contribution in [0, 0.1) is 0 Å². The molecule has 0 radical (unpaired) electrons. The maximum atomic E-state index is 12.0. The fraction of sp³-hybridized carbons (Fsp3) is 0.533. The van der Waals surface area contributed by atoms with Crippen molar-refractivity contribution in [1.29, 1.82) is 0 Å². The number of nitrogens with one attached hydrogen (secondary N) is 1. The van der Waals surface area contributed by atoms with Crippen LogP contribution in [0.25, 0.3) is 0 Å². The van der Waals surface area contributed by atoms with Gasteiger partial charge in [0.2, 0.25) is 0 Å². The standard InChI is InChI=1S/C15H21ClN2O3/c1-11(21-14-7-3-2-6-13(14)16)9-17-15(20)18-8-4-5-12(19)10-18/h2-3,6-7,11-12,19H,4-5,8-10H2,1H3,(H,17,20). The Morgan fingerprint density at radius 3 is 3.05 bits per heavy atom. The highest BCUT2D eigenvalue weighted by molar-refractivity contribution is 6.32. The molecule has 5 nitrogen and oxygen atoms in total. The summed E-state index contributed by atoms with van der Waals surface area (Å²) in [6, 6.07) is 7.08. The average Bonchev–Trinajstić information content (AvgIpc) is 2.47. The minimum Gasteiger partial charge on any atom is -0.487 e. The summed E-state index contributed by atoms with van der Waals surface area (Å²) >= 11 is 6.02. The van der Waals surface area contributed by atoms with Crippen molar-refractivity contribution in [1.82, 2.24) is 10.2 Å². The van der Waals surface area contributed by atoms with Crippen molar-refractivity contribution in [3.63, 3.8) is 0 Å². The van der Waals surface area contributed by atoms with Crippen LogP contribution in [0.1, 0.15) is 19.8 Å². The number of urea groups is 1. The van der Waals surface area contributed by atoms with Crippen molar-refractivity contribution in [2.45, 2.75) is 32.0 Å². The number of nitrogens with zero attached hydrogens (tertiary/aromatic N) is 1. The van der Waals surface area contributed by atoms with Gasteiger partial charge < -0.3 is 20.1 Å². The minimum atomic E-state index is -0.415. The highest BCUT2D eigenvalue weighted by atomic mass is 35.5. The number of piperidine rings is 1. The zero-order chi connectivity index (χ0) is 15.2. The fourth-order valence-corrected chi connectivity index (χ4v) is 2.46. The molecule has 2 amide bonds. The third-order valence-corrected chi connectivity index (χ3v) is 3.70. The number of aliphatic hydroxyl groups is 1. The van der Waals surface area contributed by atoms with Crippen molar-refractivity contribution in [2.24, 2.45) is 0 Å². The second-order valence-corrected chi connectivity index (χ2v) is 5.69. The van der Waals surface area contributed by atoms with Crippen molar-refractivity contribution in [3.05, 3.63) is 29.3 Å². The monoisotopic (exact) mass is 312 g/mol. The van der Waals surface area contributed by atoms with E-state index in [9.17, 15) is 9.90 Å². The third kappa shape index (κ3) is 4.79. The number of amides is 2. The topological polar surface area (TPSA) is 61.8 Å². The number of carbonyl (C=O) groups excluding carboxylic acids is 1. The van der Waals surface area contributed by atoms with Gasteiger partial charge >= 0.3 is 6.03 Å². The number of ether oxygens (including phenoxy) is 1. The van der Waals surface area contributed by atoms with Crippen molar-refractivity contribution < 1.29 is 14.6 Å². The number of β-amino-alcohol motifs (C(OH)–C–C–N with tert-alkyl or cyclic N) is 1. The molecule has 1 aliphatic heterocycles. The molecule has 0 aliphatic carbocycles. The molecule has 0 bridgehead atoms. The predicted octanol–water partition coefficient (Wildman–Crippen LogP) is 2.27. The maximum absolute atomic E-state index is 12.0. The molecular weight excluding hydrogens is 292 g/mol. The molecule has 1 heterocycles. The zero-order valence-electron chi connectivity index (χ0n) is 12.1. The summed E-state index contributed by atoms with van der Waals surface area (Å²) in [5, 5.41) is 12.9. The lowest BCUT2D eigenvalue weighted by Gasteiger charge is -2.30. The number of para-hydroxylation sites is 1. The summed E-state index contributed by atoms with van der Waals surface area (Å²) in [6.45, 7) is 3.33. The molecule has 0 saturated carbocycles.